The van der Waals surface area contributed by atoms with Gasteiger partial charge in [-0.2, -0.15) is 0 Å². The van der Waals surface area contributed by atoms with Crippen LogP contribution in [0.4, 0.5) is 4.39 Å². The van der Waals surface area contributed by atoms with Crippen LogP contribution < -0.4 is 5.32 Å². The van der Waals surface area contributed by atoms with Crippen molar-refractivity contribution in [1.29, 1.82) is 0 Å². The highest BCUT2D eigenvalue weighted by Gasteiger charge is 2.27. The van der Waals surface area contributed by atoms with E-state index >= 15 is 0 Å². The molecule has 1 fully saturated rings. The quantitative estimate of drug-likeness (QED) is 0.867. The third kappa shape index (κ3) is 3.79. The van der Waals surface area contributed by atoms with E-state index in [-0.39, 0.29) is 18.2 Å². The molecule has 2 N–H and O–H groups in total. The summed E-state index contributed by atoms with van der Waals surface area (Å²) in [6.45, 7) is 0. The van der Waals surface area contributed by atoms with E-state index < -0.39 is 17.8 Å². The van der Waals surface area contributed by atoms with Gasteiger partial charge in [-0.15, -0.1) is 0 Å². The van der Waals surface area contributed by atoms with Crippen molar-refractivity contribution in [3.8, 4) is 0 Å². The number of hydrogen-bond donors (Lipinski definition) is 2. The molecule has 108 valence electrons. The first-order valence-corrected chi connectivity index (χ1v) is 6.84. The lowest BCUT2D eigenvalue weighted by molar-refractivity contribution is -0.142. The van der Waals surface area contributed by atoms with E-state index in [0.717, 1.165) is 25.7 Å². The summed E-state index contributed by atoms with van der Waals surface area (Å²) in [5.74, 6) is -1.79. The number of halogens is 1. The van der Waals surface area contributed by atoms with Crippen LogP contribution in [0.5, 0.6) is 0 Å². The van der Waals surface area contributed by atoms with Crippen LogP contribution in [0.3, 0.4) is 0 Å². The van der Waals surface area contributed by atoms with Crippen molar-refractivity contribution in [1.82, 2.24) is 5.32 Å². The topological polar surface area (TPSA) is 66.4 Å². The largest absolute Gasteiger partial charge is 0.480 e. The molecule has 0 aliphatic heterocycles. The number of carbonyl (C=O) groups excluding carboxylic acids is 1. The first kappa shape index (κ1) is 14.5. The fraction of sp³-hybridized carbons (Fsp3) is 0.467. The zero-order chi connectivity index (χ0) is 14.5. The molecule has 1 aliphatic rings. The number of amides is 1. The molecule has 1 aromatic carbocycles. The molecule has 0 aromatic heterocycles. The molecule has 1 amide bonds. The van der Waals surface area contributed by atoms with Crippen LogP contribution in [-0.4, -0.2) is 23.0 Å². The molecule has 2 rings (SSSR count). The summed E-state index contributed by atoms with van der Waals surface area (Å²) in [6.07, 6.45) is 3.75. The number of hydrogen-bond acceptors (Lipinski definition) is 2. The summed E-state index contributed by atoms with van der Waals surface area (Å²) >= 11 is 0. The lowest BCUT2D eigenvalue weighted by Crippen LogP contribution is -2.44. The Hall–Kier alpha value is -1.91. The van der Waals surface area contributed by atoms with Crippen LogP contribution >= 0.6 is 0 Å². The number of aliphatic carboxylic acids is 1. The fourth-order valence-corrected chi connectivity index (χ4v) is 2.58. The molecular formula is C15H18FNO3. The molecule has 0 bridgehead atoms. The van der Waals surface area contributed by atoms with Gasteiger partial charge in [0.15, 0.2) is 0 Å². The smallest absolute Gasteiger partial charge is 0.326 e. The van der Waals surface area contributed by atoms with E-state index in [1.807, 2.05) is 0 Å². The Balaban J connectivity index is 2.00. The van der Waals surface area contributed by atoms with Gasteiger partial charge in [0, 0.05) is 12.3 Å². The van der Waals surface area contributed by atoms with Gasteiger partial charge in [-0.3, -0.25) is 4.79 Å². The Bertz CT molecular complexity index is 498. The maximum atomic E-state index is 13.1. The normalized spacial score (nSPS) is 16.9. The molecule has 1 saturated carbocycles. The van der Waals surface area contributed by atoms with Gasteiger partial charge in [0.25, 0.3) is 0 Å². The third-order valence-electron chi connectivity index (χ3n) is 3.67. The van der Waals surface area contributed by atoms with Crippen LogP contribution in [0.25, 0.3) is 0 Å². The minimum Gasteiger partial charge on any atom is -0.480 e. The Morgan fingerprint density at radius 2 is 2.05 bits per heavy atom. The SMILES string of the molecule is O=C(NC(Cc1cccc(F)c1)C(=O)O)C1CCCC1. The van der Waals surface area contributed by atoms with E-state index in [2.05, 4.69) is 5.32 Å². The van der Waals surface area contributed by atoms with Crippen molar-refractivity contribution in [3.05, 3.63) is 35.6 Å². The van der Waals surface area contributed by atoms with Crippen molar-refractivity contribution < 1.29 is 19.1 Å². The van der Waals surface area contributed by atoms with Crippen LogP contribution in [0, 0.1) is 11.7 Å². The first-order valence-electron chi connectivity index (χ1n) is 6.84. The zero-order valence-electron chi connectivity index (χ0n) is 11.1. The van der Waals surface area contributed by atoms with Gasteiger partial charge in [-0.1, -0.05) is 25.0 Å². The van der Waals surface area contributed by atoms with Crippen LogP contribution in [0.2, 0.25) is 0 Å². The van der Waals surface area contributed by atoms with Gasteiger partial charge in [-0.05, 0) is 30.5 Å². The number of rotatable bonds is 5. The van der Waals surface area contributed by atoms with Crippen molar-refractivity contribution in [3.63, 3.8) is 0 Å². The maximum Gasteiger partial charge on any atom is 0.326 e. The molecule has 1 atom stereocenters. The number of nitrogens with one attached hydrogen (secondary N) is 1. The summed E-state index contributed by atoms with van der Waals surface area (Å²) in [7, 11) is 0. The van der Waals surface area contributed by atoms with Crippen molar-refractivity contribution >= 4 is 11.9 Å². The summed E-state index contributed by atoms with van der Waals surface area (Å²) in [4.78, 5) is 23.2. The van der Waals surface area contributed by atoms with Crippen molar-refractivity contribution in [2.75, 3.05) is 0 Å². The van der Waals surface area contributed by atoms with Gasteiger partial charge >= 0.3 is 5.97 Å². The average Bonchev–Trinajstić information content (AvgIpc) is 2.91. The van der Waals surface area contributed by atoms with Crippen LogP contribution in [0.1, 0.15) is 31.2 Å². The highest BCUT2D eigenvalue weighted by atomic mass is 19.1. The lowest BCUT2D eigenvalue weighted by atomic mass is 10.0. The van der Waals surface area contributed by atoms with Gasteiger partial charge in [0.05, 0.1) is 0 Å². The Morgan fingerprint density at radius 3 is 2.65 bits per heavy atom. The minimum atomic E-state index is -1.10. The predicted molar refractivity (Wildman–Crippen MR) is 71.6 cm³/mol. The van der Waals surface area contributed by atoms with E-state index in [1.54, 1.807) is 6.07 Å². The second-order valence-electron chi connectivity index (χ2n) is 5.21. The maximum absolute atomic E-state index is 13.1. The Kier molecular flexibility index (Phi) is 4.71. The molecule has 0 radical (unpaired) electrons. The predicted octanol–water partition coefficient (Wildman–Crippen LogP) is 2.13. The standard InChI is InChI=1S/C15H18FNO3/c16-12-7-3-4-10(8-12)9-13(15(19)20)17-14(18)11-5-1-2-6-11/h3-4,7-8,11,13H,1-2,5-6,9H2,(H,17,18)(H,19,20). The second-order valence-corrected chi connectivity index (χ2v) is 5.21. The second kappa shape index (κ2) is 6.50. The van der Waals surface area contributed by atoms with Gasteiger partial charge in [0.2, 0.25) is 5.91 Å². The van der Waals surface area contributed by atoms with Crippen LogP contribution in [0.15, 0.2) is 24.3 Å². The zero-order valence-corrected chi connectivity index (χ0v) is 11.1. The summed E-state index contributed by atoms with van der Waals surface area (Å²) in [5, 5.41) is 11.8. The molecule has 5 heteroatoms. The van der Waals surface area contributed by atoms with Gasteiger partial charge in [0.1, 0.15) is 11.9 Å². The van der Waals surface area contributed by atoms with E-state index in [4.69, 9.17) is 0 Å². The Labute approximate surface area is 117 Å². The monoisotopic (exact) mass is 279 g/mol. The van der Waals surface area contributed by atoms with Crippen LogP contribution in [-0.2, 0) is 16.0 Å². The number of carboxylic acids is 1. The summed E-state index contributed by atoms with van der Waals surface area (Å²) < 4.78 is 13.1. The molecule has 4 nitrogen and oxygen atoms in total. The van der Waals surface area contributed by atoms with Gasteiger partial charge in [-0.25, -0.2) is 9.18 Å². The summed E-state index contributed by atoms with van der Waals surface area (Å²) in [6, 6.07) is 4.77. The van der Waals surface area contributed by atoms with E-state index in [0.29, 0.717) is 5.56 Å². The third-order valence-corrected chi connectivity index (χ3v) is 3.67. The molecule has 0 heterocycles. The fourth-order valence-electron chi connectivity index (χ4n) is 2.58. The lowest BCUT2D eigenvalue weighted by Gasteiger charge is -2.17. The van der Waals surface area contributed by atoms with E-state index in [1.165, 1.54) is 18.2 Å². The number of benzene rings is 1. The molecule has 20 heavy (non-hydrogen) atoms. The molecule has 1 aliphatic carbocycles. The molecular weight excluding hydrogens is 261 g/mol. The highest BCUT2D eigenvalue weighted by molar-refractivity contribution is 5.85. The highest BCUT2D eigenvalue weighted by Crippen LogP contribution is 2.24. The first-order chi connectivity index (χ1) is 9.56. The van der Waals surface area contributed by atoms with Crippen molar-refractivity contribution in [2.24, 2.45) is 5.92 Å². The number of carbonyl (C=O) groups is 2. The molecule has 1 aromatic rings. The molecule has 1 unspecified atom stereocenters. The minimum absolute atomic E-state index is 0.0793. The Morgan fingerprint density at radius 1 is 1.35 bits per heavy atom. The number of carboxylic acid groups (broad SMARTS) is 1. The van der Waals surface area contributed by atoms with Crippen molar-refractivity contribution in [2.45, 2.75) is 38.1 Å². The average molecular weight is 279 g/mol. The van der Waals surface area contributed by atoms with Gasteiger partial charge < -0.3 is 10.4 Å². The molecule has 0 spiro atoms. The summed E-state index contributed by atoms with van der Waals surface area (Å²) in [5.41, 5.74) is 0.559. The molecule has 0 saturated heterocycles. The van der Waals surface area contributed by atoms with E-state index in [9.17, 15) is 19.1 Å².